The maximum atomic E-state index is 10.8. The molecule has 0 aliphatic rings. The van der Waals surface area contributed by atoms with E-state index in [4.69, 9.17) is 9.29 Å². The van der Waals surface area contributed by atoms with Crippen LogP contribution in [0.2, 0.25) is 0 Å². The van der Waals surface area contributed by atoms with Gasteiger partial charge in [0.05, 0.1) is 11.0 Å². The average Bonchev–Trinajstić information content (AvgIpc) is 2.30. The van der Waals surface area contributed by atoms with Crippen LogP contribution in [0.1, 0.15) is 13.3 Å². The van der Waals surface area contributed by atoms with E-state index in [2.05, 4.69) is 5.32 Å². The van der Waals surface area contributed by atoms with E-state index < -0.39 is 10.1 Å². The second-order valence-electron chi connectivity index (χ2n) is 3.65. The molecule has 1 aromatic carbocycles. The number of methoxy groups -OCH3 is 1. The number of anilines is 1. The van der Waals surface area contributed by atoms with Crippen LogP contribution in [0.4, 0.5) is 5.69 Å². The highest BCUT2D eigenvalue weighted by Gasteiger charge is 2.09. The molecule has 0 spiro atoms. The molecule has 0 aromatic heterocycles. The summed E-state index contributed by atoms with van der Waals surface area (Å²) in [5.41, 5.74) is 0.785. The SMILES string of the molecule is CCC(CNc1ccc(S(=O)(=O)O)cc1)OC. The van der Waals surface area contributed by atoms with Gasteiger partial charge in [-0.25, -0.2) is 0 Å². The van der Waals surface area contributed by atoms with Crippen molar-refractivity contribution in [1.29, 1.82) is 0 Å². The maximum Gasteiger partial charge on any atom is 0.294 e. The highest BCUT2D eigenvalue weighted by molar-refractivity contribution is 7.85. The van der Waals surface area contributed by atoms with E-state index in [1.807, 2.05) is 6.92 Å². The van der Waals surface area contributed by atoms with Crippen molar-refractivity contribution in [2.75, 3.05) is 19.0 Å². The lowest BCUT2D eigenvalue weighted by Crippen LogP contribution is -2.20. The van der Waals surface area contributed by atoms with Crippen molar-refractivity contribution in [2.24, 2.45) is 0 Å². The van der Waals surface area contributed by atoms with Gasteiger partial charge in [-0.1, -0.05) is 6.92 Å². The number of rotatable bonds is 6. The van der Waals surface area contributed by atoms with Gasteiger partial charge in [-0.05, 0) is 30.7 Å². The number of hydrogen-bond donors (Lipinski definition) is 2. The predicted octanol–water partition coefficient (Wildman–Crippen LogP) is 1.77. The first-order valence-corrected chi connectivity index (χ1v) is 6.75. The monoisotopic (exact) mass is 259 g/mol. The van der Waals surface area contributed by atoms with Gasteiger partial charge in [-0.3, -0.25) is 4.55 Å². The molecule has 0 fully saturated rings. The number of nitrogens with one attached hydrogen (secondary N) is 1. The molecule has 1 aromatic rings. The predicted molar refractivity (Wildman–Crippen MR) is 65.8 cm³/mol. The van der Waals surface area contributed by atoms with Crippen LogP contribution in [-0.4, -0.2) is 32.7 Å². The van der Waals surface area contributed by atoms with Crippen LogP contribution in [0.3, 0.4) is 0 Å². The summed E-state index contributed by atoms with van der Waals surface area (Å²) in [5, 5.41) is 3.12. The van der Waals surface area contributed by atoms with Crippen molar-refractivity contribution in [3.05, 3.63) is 24.3 Å². The van der Waals surface area contributed by atoms with Crippen LogP contribution < -0.4 is 5.32 Å². The molecule has 1 unspecified atom stereocenters. The molecule has 0 saturated carbocycles. The van der Waals surface area contributed by atoms with Crippen LogP contribution in [0.15, 0.2) is 29.2 Å². The fourth-order valence-electron chi connectivity index (χ4n) is 1.37. The lowest BCUT2D eigenvalue weighted by molar-refractivity contribution is 0.110. The van der Waals surface area contributed by atoms with Gasteiger partial charge >= 0.3 is 0 Å². The van der Waals surface area contributed by atoms with Crippen molar-refractivity contribution in [1.82, 2.24) is 0 Å². The van der Waals surface area contributed by atoms with Crippen molar-refractivity contribution >= 4 is 15.8 Å². The Bertz CT molecular complexity index is 437. The minimum atomic E-state index is -4.11. The topological polar surface area (TPSA) is 75.6 Å². The molecule has 0 aliphatic heterocycles. The van der Waals surface area contributed by atoms with Crippen molar-refractivity contribution in [3.8, 4) is 0 Å². The molecule has 1 atom stereocenters. The van der Waals surface area contributed by atoms with E-state index >= 15 is 0 Å². The zero-order valence-corrected chi connectivity index (χ0v) is 10.7. The second-order valence-corrected chi connectivity index (χ2v) is 5.07. The highest BCUT2D eigenvalue weighted by atomic mass is 32.2. The van der Waals surface area contributed by atoms with Gasteiger partial charge in [-0.2, -0.15) is 8.42 Å². The minimum absolute atomic E-state index is 0.109. The normalized spacial score (nSPS) is 13.4. The largest absolute Gasteiger partial charge is 0.382 e. The van der Waals surface area contributed by atoms with Gasteiger partial charge in [0, 0.05) is 19.3 Å². The molecule has 6 heteroatoms. The zero-order valence-electron chi connectivity index (χ0n) is 9.88. The Morgan fingerprint density at radius 2 is 1.94 bits per heavy atom. The van der Waals surface area contributed by atoms with Crippen LogP contribution in [0.5, 0.6) is 0 Å². The minimum Gasteiger partial charge on any atom is -0.382 e. The van der Waals surface area contributed by atoms with E-state index in [1.165, 1.54) is 12.1 Å². The fraction of sp³-hybridized carbons (Fsp3) is 0.455. The van der Waals surface area contributed by atoms with Gasteiger partial charge in [0.2, 0.25) is 0 Å². The van der Waals surface area contributed by atoms with Crippen molar-refractivity contribution in [3.63, 3.8) is 0 Å². The number of ether oxygens (including phenoxy) is 1. The molecular weight excluding hydrogens is 242 g/mol. The zero-order chi connectivity index (χ0) is 12.9. The lowest BCUT2D eigenvalue weighted by Gasteiger charge is -2.14. The molecule has 1 rings (SSSR count). The Balaban J connectivity index is 2.63. The Hall–Kier alpha value is -1.11. The maximum absolute atomic E-state index is 10.8. The summed E-state index contributed by atoms with van der Waals surface area (Å²) in [7, 11) is -2.46. The summed E-state index contributed by atoms with van der Waals surface area (Å²) < 4.78 is 35.6. The molecule has 0 radical (unpaired) electrons. The Morgan fingerprint density at radius 1 is 1.35 bits per heavy atom. The van der Waals surface area contributed by atoms with E-state index in [9.17, 15) is 8.42 Å². The van der Waals surface area contributed by atoms with Crippen LogP contribution >= 0.6 is 0 Å². The summed E-state index contributed by atoms with van der Waals surface area (Å²) in [4.78, 5) is -0.109. The number of hydrogen-bond acceptors (Lipinski definition) is 4. The van der Waals surface area contributed by atoms with E-state index in [0.717, 1.165) is 12.1 Å². The van der Waals surface area contributed by atoms with Gasteiger partial charge in [0.25, 0.3) is 10.1 Å². The fourth-order valence-corrected chi connectivity index (χ4v) is 1.85. The Labute approximate surface area is 102 Å². The summed E-state index contributed by atoms with van der Waals surface area (Å²) >= 11 is 0. The van der Waals surface area contributed by atoms with Gasteiger partial charge in [0.1, 0.15) is 0 Å². The summed E-state index contributed by atoms with van der Waals surface area (Å²) in [6.45, 7) is 2.68. The molecule has 0 heterocycles. The molecule has 5 nitrogen and oxygen atoms in total. The van der Waals surface area contributed by atoms with Crippen molar-refractivity contribution < 1.29 is 17.7 Å². The van der Waals surface area contributed by atoms with Gasteiger partial charge in [0.15, 0.2) is 0 Å². The third-order valence-electron chi connectivity index (χ3n) is 2.47. The summed E-state index contributed by atoms with van der Waals surface area (Å²) in [5.74, 6) is 0. The number of benzene rings is 1. The van der Waals surface area contributed by atoms with Gasteiger partial charge in [-0.15, -0.1) is 0 Å². The smallest absolute Gasteiger partial charge is 0.294 e. The molecule has 17 heavy (non-hydrogen) atoms. The molecule has 96 valence electrons. The van der Waals surface area contributed by atoms with Crippen molar-refractivity contribution in [2.45, 2.75) is 24.3 Å². The van der Waals surface area contributed by atoms with Crippen LogP contribution in [-0.2, 0) is 14.9 Å². The highest BCUT2D eigenvalue weighted by Crippen LogP contribution is 2.13. The average molecular weight is 259 g/mol. The molecule has 2 N–H and O–H groups in total. The molecule has 0 bridgehead atoms. The Morgan fingerprint density at radius 3 is 2.35 bits per heavy atom. The third-order valence-corrected chi connectivity index (χ3v) is 3.34. The molecule has 0 aliphatic carbocycles. The quantitative estimate of drug-likeness (QED) is 0.761. The second kappa shape index (κ2) is 6.00. The first-order valence-electron chi connectivity index (χ1n) is 5.31. The molecule has 0 amide bonds. The molecule has 0 saturated heterocycles. The Kier molecular flexibility index (Phi) is 4.92. The van der Waals surface area contributed by atoms with Gasteiger partial charge < -0.3 is 10.1 Å². The van der Waals surface area contributed by atoms with E-state index in [1.54, 1.807) is 19.2 Å². The van der Waals surface area contributed by atoms with Crippen LogP contribution in [0.25, 0.3) is 0 Å². The third kappa shape index (κ3) is 4.33. The first-order chi connectivity index (χ1) is 7.97. The standard InChI is InChI=1S/C11H17NO4S/c1-3-10(16-2)8-12-9-4-6-11(7-5-9)17(13,14)15/h4-7,10,12H,3,8H2,1-2H3,(H,13,14,15). The first kappa shape index (κ1) is 14.0. The molecular formula is C11H17NO4S. The summed E-state index contributed by atoms with van der Waals surface area (Å²) in [6.07, 6.45) is 1.02. The van der Waals surface area contributed by atoms with E-state index in [0.29, 0.717) is 6.54 Å². The summed E-state index contributed by atoms with van der Waals surface area (Å²) in [6, 6.07) is 5.91. The lowest BCUT2D eigenvalue weighted by atomic mass is 10.2. The van der Waals surface area contributed by atoms with E-state index in [-0.39, 0.29) is 11.0 Å². The van der Waals surface area contributed by atoms with Crippen LogP contribution in [0, 0.1) is 0 Å².